The molecule has 3 rings (SSSR count). The number of fused-ring (bicyclic) bond motifs is 1. The minimum atomic E-state index is 0.864. The first-order chi connectivity index (χ1) is 10.8. The molecule has 22 heavy (non-hydrogen) atoms. The molecule has 0 amide bonds. The Morgan fingerprint density at radius 2 is 2.14 bits per heavy atom. The Kier molecular flexibility index (Phi) is 5.95. The van der Waals surface area contributed by atoms with E-state index in [2.05, 4.69) is 34.5 Å². The molecule has 1 aromatic carbocycles. The number of thiocarbonyl (C=S) groups is 1. The summed E-state index contributed by atoms with van der Waals surface area (Å²) < 4.78 is 5.40. The molecule has 0 radical (unpaired) electrons. The molecule has 1 fully saturated rings. The summed E-state index contributed by atoms with van der Waals surface area (Å²) in [5.74, 6) is 1.16. The van der Waals surface area contributed by atoms with E-state index in [4.69, 9.17) is 17.0 Å². The van der Waals surface area contributed by atoms with Crippen molar-refractivity contribution in [3.05, 3.63) is 24.3 Å². The zero-order valence-electron chi connectivity index (χ0n) is 12.8. The van der Waals surface area contributed by atoms with Crippen LogP contribution in [-0.4, -0.2) is 56.8 Å². The maximum absolute atomic E-state index is 5.65. The number of thioether (sulfide) groups is 1. The lowest BCUT2D eigenvalue weighted by Crippen LogP contribution is -3.14. The molecule has 0 saturated carbocycles. The van der Waals surface area contributed by atoms with E-state index < -0.39 is 0 Å². The molecule has 2 aliphatic rings. The van der Waals surface area contributed by atoms with Gasteiger partial charge in [0, 0.05) is 11.4 Å². The molecule has 1 aromatic rings. The Labute approximate surface area is 142 Å². The summed E-state index contributed by atoms with van der Waals surface area (Å²) in [5.41, 5.74) is 1.25. The highest BCUT2D eigenvalue weighted by atomic mass is 32.2. The molecular formula is C16H24N3OS2+. The maximum Gasteiger partial charge on any atom is 0.173 e. The summed E-state index contributed by atoms with van der Waals surface area (Å²) >= 11 is 7.58. The number of benzene rings is 1. The summed E-state index contributed by atoms with van der Waals surface area (Å²) in [4.78, 5) is 5.20. The van der Waals surface area contributed by atoms with Gasteiger partial charge in [0.25, 0.3) is 0 Å². The minimum absolute atomic E-state index is 0.864. The van der Waals surface area contributed by atoms with Gasteiger partial charge in [-0.15, -0.1) is 11.8 Å². The lowest BCUT2D eigenvalue weighted by Gasteiger charge is -2.27. The van der Waals surface area contributed by atoms with Gasteiger partial charge in [0.2, 0.25) is 0 Å². The van der Waals surface area contributed by atoms with Gasteiger partial charge in [0.1, 0.15) is 13.1 Å². The number of quaternary nitrogens is 1. The van der Waals surface area contributed by atoms with E-state index in [1.54, 1.807) is 4.90 Å². The maximum atomic E-state index is 5.65. The van der Waals surface area contributed by atoms with Crippen LogP contribution >= 0.6 is 24.0 Å². The molecule has 4 nitrogen and oxygen atoms in total. The average molecular weight is 339 g/mol. The summed E-state index contributed by atoms with van der Waals surface area (Å²) in [7, 11) is 0. The van der Waals surface area contributed by atoms with E-state index in [-0.39, 0.29) is 0 Å². The number of hydrogen-bond acceptors (Lipinski definition) is 3. The third-order valence-corrected chi connectivity index (χ3v) is 5.65. The fraction of sp³-hybridized carbons (Fsp3) is 0.562. The van der Waals surface area contributed by atoms with Crippen LogP contribution in [-0.2, 0) is 4.74 Å². The van der Waals surface area contributed by atoms with Crippen molar-refractivity contribution < 1.29 is 9.64 Å². The van der Waals surface area contributed by atoms with Crippen molar-refractivity contribution in [3.8, 4) is 0 Å². The highest BCUT2D eigenvalue weighted by Gasteiger charge is 2.19. The van der Waals surface area contributed by atoms with E-state index in [1.807, 2.05) is 11.8 Å². The Bertz CT molecular complexity index is 506. The van der Waals surface area contributed by atoms with Gasteiger partial charge in [-0.3, -0.25) is 0 Å². The first-order valence-electron chi connectivity index (χ1n) is 8.03. The molecule has 120 valence electrons. The highest BCUT2D eigenvalue weighted by Crippen LogP contribution is 2.33. The van der Waals surface area contributed by atoms with Crippen molar-refractivity contribution in [2.24, 2.45) is 0 Å². The zero-order chi connectivity index (χ0) is 15.2. The molecule has 0 aromatic heterocycles. The van der Waals surface area contributed by atoms with Crippen LogP contribution in [0.15, 0.2) is 29.2 Å². The van der Waals surface area contributed by atoms with Gasteiger partial charge in [-0.1, -0.05) is 12.1 Å². The summed E-state index contributed by atoms with van der Waals surface area (Å²) in [6.45, 7) is 7.02. The fourth-order valence-corrected chi connectivity index (χ4v) is 4.18. The van der Waals surface area contributed by atoms with Crippen molar-refractivity contribution in [2.75, 3.05) is 56.6 Å². The zero-order valence-corrected chi connectivity index (χ0v) is 14.5. The van der Waals surface area contributed by atoms with Crippen LogP contribution in [0.25, 0.3) is 0 Å². The van der Waals surface area contributed by atoms with Crippen LogP contribution in [0.2, 0.25) is 0 Å². The van der Waals surface area contributed by atoms with Crippen molar-refractivity contribution in [1.82, 2.24) is 5.32 Å². The van der Waals surface area contributed by atoms with Gasteiger partial charge in [0.15, 0.2) is 5.11 Å². The third-order valence-electron chi connectivity index (χ3n) is 4.14. The van der Waals surface area contributed by atoms with Crippen molar-refractivity contribution >= 4 is 34.8 Å². The normalized spacial score (nSPS) is 19.4. The average Bonchev–Trinajstić information content (AvgIpc) is 2.78. The third kappa shape index (κ3) is 4.13. The quantitative estimate of drug-likeness (QED) is 0.795. The van der Waals surface area contributed by atoms with E-state index in [0.29, 0.717) is 0 Å². The van der Waals surface area contributed by atoms with Crippen molar-refractivity contribution in [3.63, 3.8) is 0 Å². The van der Waals surface area contributed by atoms with E-state index in [0.717, 1.165) is 63.2 Å². The van der Waals surface area contributed by atoms with Gasteiger partial charge < -0.3 is 19.9 Å². The second-order valence-corrected chi connectivity index (χ2v) is 7.19. The molecule has 1 saturated heterocycles. The van der Waals surface area contributed by atoms with Gasteiger partial charge in [-0.05, 0) is 36.5 Å². The number of rotatable bonds is 3. The van der Waals surface area contributed by atoms with E-state index in [9.17, 15) is 0 Å². The van der Waals surface area contributed by atoms with Gasteiger partial charge in [0.05, 0.1) is 32.0 Å². The molecule has 2 N–H and O–H groups in total. The van der Waals surface area contributed by atoms with Crippen LogP contribution in [0.1, 0.15) is 6.42 Å². The minimum Gasteiger partial charge on any atom is -0.370 e. The Hall–Kier alpha value is -0.820. The smallest absolute Gasteiger partial charge is 0.173 e. The number of nitrogens with one attached hydrogen (secondary N) is 2. The van der Waals surface area contributed by atoms with Gasteiger partial charge in [-0.25, -0.2) is 0 Å². The Morgan fingerprint density at radius 3 is 3.00 bits per heavy atom. The van der Waals surface area contributed by atoms with Crippen LogP contribution in [0.5, 0.6) is 0 Å². The standard InChI is InChI=1S/C16H23N3OS2/c21-16(17-6-8-18-9-11-20-12-10-18)19-7-3-13-22-15-5-2-1-4-14(15)19/h1-2,4-5H,3,6-13H2,(H,17,21)/p+1. The van der Waals surface area contributed by atoms with Crippen molar-refractivity contribution in [2.45, 2.75) is 11.3 Å². The molecule has 0 atom stereocenters. The number of para-hydroxylation sites is 1. The molecule has 0 aliphatic carbocycles. The SMILES string of the molecule is S=C(NCC[NH+]1CCOCC1)N1CCCSc2ccccc21. The van der Waals surface area contributed by atoms with Crippen LogP contribution < -0.4 is 15.1 Å². The van der Waals surface area contributed by atoms with Crippen LogP contribution in [0.3, 0.4) is 0 Å². The summed E-state index contributed by atoms with van der Waals surface area (Å²) in [5, 5.41) is 4.32. The molecular weight excluding hydrogens is 314 g/mol. The lowest BCUT2D eigenvalue weighted by atomic mass is 10.3. The predicted molar refractivity (Wildman–Crippen MR) is 96.1 cm³/mol. The Morgan fingerprint density at radius 1 is 1.32 bits per heavy atom. The molecule has 6 heteroatoms. The van der Waals surface area contributed by atoms with Crippen LogP contribution in [0, 0.1) is 0 Å². The highest BCUT2D eigenvalue weighted by molar-refractivity contribution is 7.99. The number of morpholine rings is 1. The summed E-state index contributed by atoms with van der Waals surface area (Å²) in [6, 6.07) is 8.57. The van der Waals surface area contributed by atoms with E-state index >= 15 is 0 Å². The number of ether oxygens (including phenoxy) is 1. The summed E-state index contributed by atoms with van der Waals surface area (Å²) in [6.07, 6.45) is 1.16. The molecule has 0 unspecified atom stereocenters. The largest absolute Gasteiger partial charge is 0.370 e. The Balaban J connectivity index is 1.55. The molecule has 2 heterocycles. The molecule has 2 aliphatic heterocycles. The first-order valence-corrected chi connectivity index (χ1v) is 9.42. The second-order valence-electron chi connectivity index (χ2n) is 5.67. The van der Waals surface area contributed by atoms with Gasteiger partial charge >= 0.3 is 0 Å². The first kappa shape index (κ1) is 16.1. The monoisotopic (exact) mass is 338 g/mol. The van der Waals surface area contributed by atoms with Crippen molar-refractivity contribution in [1.29, 1.82) is 0 Å². The topological polar surface area (TPSA) is 28.9 Å². The number of nitrogens with zero attached hydrogens (tertiary/aromatic N) is 1. The van der Waals surface area contributed by atoms with Gasteiger partial charge in [-0.2, -0.15) is 0 Å². The predicted octanol–water partition coefficient (Wildman–Crippen LogP) is 0.778. The molecule has 0 spiro atoms. The van der Waals surface area contributed by atoms with E-state index in [1.165, 1.54) is 10.6 Å². The number of anilines is 1. The molecule has 0 bridgehead atoms. The second kappa shape index (κ2) is 8.15. The number of hydrogen-bond donors (Lipinski definition) is 2. The fourth-order valence-electron chi connectivity index (χ4n) is 2.89. The van der Waals surface area contributed by atoms with Crippen LogP contribution in [0.4, 0.5) is 5.69 Å². The lowest BCUT2D eigenvalue weighted by molar-refractivity contribution is -0.906.